The van der Waals surface area contributed by atoms with Crippen LogP contribution in [0.3, 0.4) is 0 Å². The molecule has 1 aliphatic carbocycles. The van der Waals surface area contributed by atoms with E-state index in [2.05, 4.69) is 34.6 Å². The predicted molar refractivity (Wildman–Crippen MR) is 75.9 cm³/mol. The van der Waals surface area contributed by atoms with Crippen LogP contribution in [0.2, 0.25) is 0 Å². The van der Waals surface area contributed by atoms with E-state index in [1.165, 1.54) is 16.1 Å². The Morgan fingerprint density at radius 3 is 2.83 bits per heavy atom. The van der Waals surface area contributed by atoms with Gasteiger partial charge in [0.1, 0.15) is 0 Å². The maximum atomic E-state index is 6.58. The molecule has 1 heterocycles. The SMILES string of the molecule is Cc1csc(CC2(N)CCc3ccccc3C2)n1. The van der Waals surface area contributed by atoms with Crippen molar-refractivity contribution in [3.05, 3.63) is 51.5 Å². The molecule has 0 amide bonds. The summed E-state index contributed by atoms with van der Waals surface area (Å²) >= 11 is 1.73. The van der Waals surface area contributed by atoms with Gasteiger partial charge in [-0.15, -0.1) is 11.3 Å². The van der Waals surface area contributed by atoms with E-state index in [0.717, 1.165) is 31.4 Å². The van der Waals surface area contributed by atoms with Gasteiger partial charge in [-0.05, 0) is 37.3 Å². The van der Waals surface area contributed by atoms with Gasteiger partial charge in [0.05, 0.1) is 5.01 Å². The standard InChI is InChI=1S/C15H18N2S/c1-11-10-18-14(17-11)9-15(16)7-6-12-4-2-3-5-13(12)8-15/h2-5,10H,6-9,16H2,1H3. The molecule has 2 nitrogen and oxygen atoms in total. The van der Waals surface area contributed by atoms with Crippen molar-refractivity contribution in [1.29, 1.82) is 0 Å². The van der Waals surface area contributed by atoms with Crippen LogP contribution in [-0.2, 0) is 19.3 Å². The highest BCUT2D eigenvalue weighted by Crippen LogP contribution is 2.30. The van der Waals surface area contributed by atoms with Crippen LogP contribution in [0.1, 0.15) is 28.2 Å². The summed E-state index contributed by atoms with van der Waals surface area (Å²) in [5.74, 6) is 0. The summed E-state index contributed by atoms with van der Waals surface area (Å²) in [5, 5.41) is 3.28. The lowest BCUT2D eigenvalue weighted by Crippen LogP contribution is -2.47. The molecule has 2 N–H and O–H groups in total. The third-order valence-corrected chi connectivity index (χ3v) is 4.69. The Balaban J connectivity index is 1.81. The summed E-state index contributed by atoms with van der Waals surface area (Å²) < 4.78 is 0. The number of hydrogen-bond acceptors (Lipinski definition) is 3. The third-order valence-electron chi connectivity index (χ3n) is 3.72. The maximum Gasteiger partial charge on any atom is 0.0946 e. The molecule has 1 aromatic heterocycles. The minimum atomic E-state index is -0.112. The molecule has 0 saturated heterocycles. The van der Waals surface area contributed by atoms with Crippen molar-refractivity contribution in [2.24, 2.45) is 5.73 Å². The lowest BCUT2D eigenvalue weighted by Gasteiger charge is -2.34. The van der Waals surface area contributed by atoms with Crippen LogP contribution in [0.25, 0.3) is 0 Å². The number of nitrogens with two attached hydrogens (primary N) is 1. The first-order valence-corrected chi connectivity index (χ1v) is 7.29. The molecule has 1 atom stereocenters. The van der Waals surface area contributed by atoms with E-state index in [1.54, 1.807) is 11.3 Å². The van der Waals surface area contributed by atoms with Gasteiger partial charge in [-0.2, -0.15) is 0 Å². The van der Waals surface area contributed by atoms with Crippen molar-refractivity contribution >= 4 is 11.3 Å². The summed E-state index contributed by atoms with van der Waals surface area (Å²) in [6.45, 7) is 2.04. The average molecular weight is 258 g/mol. The molecule has 1 unspecified atom stereocenters. The van der Waals surface area contributed by atoms with Crippen molar-refractivity contribution in [3.8, 4) is 0 Å². The molecule has 1 aliphatic rings. The number of aryl methyl sites for hydroxylation is 2. The molecule has 0 bridgehead atoms. The Bertz CT molecular complexity index is 561. The minimum Gasteiger partial charge on any atom is -0.324 e. The van der Waals surface area contributed by atoms with E-state index in [-0.39, 0.29) is 5.54 Å². The van der Waals surface area contributed by atoms with E-state index in [4.69, 9.17) is 5.73 Å². The Labute approximate surface area is 112 Å². The minimum absolute atomic E-state index is 0.112. The second-order valence-corrected chi connectivity index (χ2v) is 6.31. The van der Waals surface area contributed by atoms with Crippen LogP contribution in [0.15, 0.2) is 29.6 Å². The van der Waals surface area contributed by atoms with Crippen LogP contribution in [0.4, 0.5) is 0 Å². The van der Waals surface area contributed by atoms with Crippen molar-refractivity contribution in [1.82, 2.24) is 4.98 Å². The normalized spacial score (nSPS) is 22.8. The van der Waals surface area contributed by atoms with Crippen LogP contribution < -0.4 is 5.73 Å². The number of benzene rings is 1. The number of aromatic nitrogens is 1. The van der Waals surface area contributed by atoms with Crippen LogP contribution in [-0.4, -0.2) is 10.5 Å². The van der Waals surface area contributed by atoms with Gasteiger partial charge < -0.3 is 5.73 Å². The number of thiazole rings is 1. The molecule has 3 rings (SSSR count). The van der Waals surface area contributed by atoms with Gasteiger partial charge in [-0.3, -0.25) is 0 Å². The summed E-state index contributed by atoms with van der Waals surface area (Å²) in [4.78, 5) is 4.54. The third kappa shape index (κ3) is 2.33. The van der Waals surface area contributed by atoms with E-state index in [0.29, 0.717) is 0 Å². The molecule has 0 fully saturated rings. The first kappa shape index (κ1) is 11.9. The highest BCUT2D eigenvalue weighted by atomic mass is 32.1. The van der Waals surface area contributed by atoms with Gasteiger partial charge in [0, 0.05) is 23.0 Å². The Morgan fingerprint density at radius 2 is 2.11 bits per heavy atom. The van der Waals surface area contributed by atoms with Gasteiger partial charge in [0.2, 0.25) is 0 Å². The molecular formula is C15H18N2S. The number of nitrogens with zero attached hydrogens (tertiary/aromatic N) is 1. The summed E-state index contributed by atoms with van der Waals surface area (Å²) in [5.41, 5.74) is 10.5. The topological polar surface area (TPSA) is 38.9 Å². The molecule has 2 aromatic rings. The lowest BCUT2D eigenvalue weighted by molar-refractivity contribution is 0.368. The van der Waals surface area contributed by atoms with Crippen LogP contribution >= 0.6 is 11.3 Å². The van der Waals surface area contributed by atoms with Crippen molar-refractivity contribution in [2.75, 3.05) is 0 Å². The molecule has 0 saturated carbocycles. The first-order chi connectivity index (χ1) is 8.65. The predicted octanol–water partition coefficient (Wildman–Crippen LogP) is 2.88. The zero-order chi connectivity index (χ0) is 12.6. The molecule has 0 radical (unpaired) electrons. The molecular weight excluding hydrogens is 240 g/mol. The highest BCUT2D eigenvalue weighted by Gasteiger charge is 2.31. The largest absolute Gasteiger partial charge is 0.324 e. The fourth-order valence-electron chi connectivity index (χ4n) is 2.76. The second kappa shape index (κ2) is 4.48. The van der Waals surface area contributed by atoms with E-state index < -0.39 is 0 Å². The van der Waals surface area contributed by atoms with Crippen molar-refractivity contribution in [3.63, 3.8) is 0 Å². The number of fused-ring (bicyclic) bond motifs is 1. The van der Waals surface area contributed by atoms with Gasteiger partial charge in [-0.25, -0.2) is 4.98 Å². The van der Waals surface area contributed by atoms with Crippen molar-refractivity contribution < 1.29 is 0 Å². The Hall–Kier alpha value is -1.19. The van der Waals surface area contributed by atoms with Crippen molar-refractivity contribution in [2.45, 2.75) is 38.1 Å². The molecule has 18 heavy (non-hydrogen) atoms. The molecule has 0 aliphatic heterocycles. The summed E-state index contributed by atoms with van der Waals surface area (Å²) in [6, 6.07) is 8.66. The first-order valence-electron chi connectivity index (χ1n) is 6.41. The van der Waals surface area contributed by atoms with Gasteiger partial charge in [0.25, 0.3) is 0 Å². The molecule has 0 spiro atoms. The smallest absolute Gasteiger partial charge is 0.0946 e. The summed E-state index contributed by atoms with van der Waals surface area (Å²) in [6.07, 6.45) is 4.03. The Morgan fingerprint density at radius 1 is 1.33 bits per heavy atom. The fraction of sp³-hybridized carbons (Fsp3) is 0.400. The fourth-order valence-corrected chi connectivity index (χ4v) is 3.69. The van der Waals surface area contributed by atoms with E-state index in [9.17, 15) is 0 Å². The molecule has 94 valence electrons. The number of hydrogen-bond donors (Lipinski definition) is 1. The van der Waals surface area contributed by atoms with E-state index in [1.807, 2.05) is 6.92 Å². The quantitative estimate of drug-likeness (QED) is 0.899. The monoisotopic (exact) mass is 258 g/mol. The lowest BCUT2D eigenvalue weighted by atomic mass is 9.77. The zero-order valence-electron chi connectivity index (χ0n) is 10.6. The zero-order valence-corrected chi connectivity index (χ0v) is 11.5. The Kier molecular flexibility index (Phi) is 2.96. The summed E-state index contributed by atoms with van der Waals surface area (Å²) in [7, 11) is 0. The van der Waals surface area contributed by atoms with Gasteiger partial charge in [-0.1, -0.05) is 24.3 Å². The van der Waals surface area contributed by atoms with Gasteiger partial charge >= 0.3 is 0 Å². The molecule has 3 heteroatoms. The maximum absolute atomic E-state index is 6.58. The van der Waals surface area contributed by atoms with Crippen LogP contribution in [0.5, 0.6) is 0 Å². The second-order valence-electron chi connectivity index (χ2n) is 5.37. The van der Waals surface area contributed by atoms with Gasteiger partial charge in [0.15, 0.2) is 0 Å². The number of rotatable bonds is 2. The van der Waals surface area contributed by atoms with E-state index >= 15 is 0 Å². The van der Waals surface area contributed by atoms with Crippen LogP contribution in [0, 0.1) is 6.92 Å². The molecule has 1 aromatic carbocycles. The average Bonchev–Trinajstić information content (AvgIpc) is 2.74. The highest BCUT2D eigenvalue weighted by molar-refractivity contribution is 7.09.